The van der Waals surface area contributed by atoms with Crippen molar-refractivity contribution in [3.63, 3.8) is 0 Å². The minimum atomic E-state index is -0.470. The van der Waals surface area contributed by atoms with Crippen LogP contribution < -0.4 is 16.4 Å². The van der Waals surface area contributed by atoms with Crippen molar-refractivity contribution < 1.29 is 9.59 Å². The standard InChI is InChI=1S/C14H14BrN3O2S/c15-7-3-4-10-8(6-7)11(16)12(21-10)14(20)18-9-2-1-5-17-13(9)19/h3-4,6,9H,1-2,5,16H2,(H,17,19)(H,18,20). The molecule has 0 aliphatic carbocycles. The van der Waals surface area contributed by atoms with Gasteiger partial charge in [-0.25, -0.2) is 0 Å². The third-order valence-electron chi connectivity index (χ3n) is 3.49. The second kappa shape index (κ2) is 5.65. The van der Waals surface area contributed by atoms with Crippen LogP contribution in [0.2, 0.25) is 0 Å². The van der Waals surface area contributed by atoms with Crippen LogP contribution in [-0.2, 0) is 4.79 Å². The second-order valence-corrected chi connectivity index (χ2v) is 6.91. The predicted molar refractivity (Wildman–Crippen MR) is 87.4 cm³/mol. The molecule has 1 aliphatic heterocycles. The molecule has 1 atom stereocenters. The van der Waals surface area contributed by atoms with Crippen LogP contribution in [-0.4, -0.2) is 24.4 Å². The predicted octanol–water partition coefficient (Wildman–Crippen LogP) is 2.25. The molecule has 2 heterocycles. The first kappa shape index (κ1) is 14.3. The van der Waals surface area contributed by atoms with E-state index in [1.807, 2.05) is 18.2 Å². The molecule has 2 aromatic rings. The third kappa shape index (κ3) is 2.75. The molecule has 1 saturated heterocycles. The summed E-state index contributed by atoms with van der Waals surface area (Å²) in [4.78, 5) is 24.5. The highest BCUT2D eigenvalue weighted by Crippen LogP contribution is 2.35. The summed E-state index contributed by atoms with van der Waals surface area (Å²) in [6, 6.07) is 5.26. The van der Waals surface area contributed by atoms with E-state index in [0.717, 1.165) is 21.0 Å². The second-order valence-electron chi connectivity index (χ2n) is 4.94. The number of benzene rings is 1. The normalized spacial score (nSPS) is 18.5. The zero-order valence-electron chi connectivity index (χ0n) is 11.1. The molecule has 5 nitrogen and oxygen atoms in total. The lowest BCUT2D eigenvalue weighted by atomic mass is 10.1. The highest BCUT2D eigenvalue weighted by atomic mass is 79.9. The zero-order valence-corrected chi connectivity index (χ0v) is 13.5. The quantitative estimate of drug-likeness (QED) is 0.760. The average molecular weight is 368 g/mol. The molecule has 0 bridgehead atoms. The van der Waals surface area contributed by atoms with Gasteiger partial charge in [-0.3, -0.25) is 9.59 Å². The van der Waals surface area contributed by atoms with Crippen LogP contribution in [0.15, 0.2) is 22.7 Å². The van der Waals surface area contributed by atoms with Crippen LogP contribution in [0.3, 0.4) is 0 Å². The Labute approximate surface area is 134 Å². The molecule has 0 spiro atoms. The largest absolute Gasteiger partial charge is 0.397 e. The molecule has 110 valence electrons. The van der Waals surface area contributed by atoms with E-state index in [1.54, 1.807) is 0 Å². The topological polar surface area (TPSA) is 84.2 Å². The van der Waals surface area contributed by atoms with Gasteiger partial charge in [0.25, 0.3) is 5.91 Å². The van der Waals surface area contributed by atoms with E-state index in [4.69, 9.17) is 5.73 Å². The van der Waals surface area contributed by atoms with Gasteiger partial charge in [-0.15, -0.1) is 11.3 Å². The fraction of sp³-hybridized carbons (Fsp3) is 0.286. The smallest absolute Gasteiger partial charge is 0.264 e. The van der Waals surface area contributed by atoms with E-state index >= 15 is 0 Å². The summed E-state index contributed by atoms with van der Waals surface area (Å²) in [5.74, 6) is -0.413. The number of hydrogen-bond acceptors (Lipinski definition) is 4. The summed E-state index contributed by atoms with van der Waals surface area (Å²) < 4.78 is 1.87. The number of hydrogen-bond donors (Lipinski definition) is 3. The molecule has 1 unspecified atom stereocenters. The average Bonchev–Trinajstić information content (AvgIpc) is 2.79. The van der Waals surface area contributed by atoms with Crippen molar-refractivity contribution >= 4 is 54.9 Å². The van der Waals surface area contributed by atoms with E-state index < -0.39 is 6.04 Å². The fourth-order valence-electron chi connectivity index (χ4n) is 2.39. The van der Waals surface area contributed by atoms with Crippen LogP contribution >= 0.6 is 27.3 Å². The maximum absolute atomic E-state index is 12.4. The van der Waals surface area contributed by atoms with Gasteiger partial charge in [0, 0.05) is 21.1 Å². The number of amides is 2. The first-order valence-corrected chi connectivity index (χ1v) is 8.23. The number of anilines is 1. The molecular weight excluding hydrogens is 354 g/mol. The van der Waals surface area contributed by atoms with Gasteiger partial charge in [-0.2, -0.15) is 0 Å². The molecule has 4 N–H and O–H groups in total. The molecule has 1 fully saturated rings. The lowest BCUT2D eigenvalue weighted by molar-refractivity contribution is -0.124. The first-order valence-electron chi connectivity index (χ1n) is 6.62. The summed E-state index contributed by atoms with van der Waals surface area (Å²) in [5, 5.41) is 6.37. The van der Waals surface area contributed by atoms with Crippen LogP contribution in [0.25, 0.3) is 10.1 Å². The highest BCUT2D eigenvalue weighted by Gasteiger charge is 2.26. The first-order chi connectivity index (χ1) is 10.1. The number of piperidine rings is 1. The van der Waals surface area contributed by atoms with E-state index in [1.165, 1.54) is 11.3 Å². The van der Waals surface area contributed by atoms with Gasteiger partial charge in [0.1, 0.15) is 10.9 Å². The van der Waals surface area contributed by atoms with Gasteiger partial charge >= 0.3 is 0 Å². The fourth-order valence-corrected chi connectivity index (χ4v) is 3.76. The molecular formula is C14H14BrN3O2S. The Morgan fingerprint density at radius 3 is 3.05 bits per heavy atom. The molecule has 1 aromatic heterocycles. The molecule has 0 saturated carbocycles. The van der Waals surface area contributed by atoms with Crippen molar-refractivity contribution in [1.29, 1.82) is 0 Å². The summed E-state index contributed by atoms with van der Waals surface area (Å²) in [6.45, 7) is 0.671. The van der Waals surface area contributed by atoms with E-state index in [0.29, 0.717) is 23.5 Å². The van der Waals surface area contributed by atoms with Crippen molar-refractivity contribution in [2.45, 2.75) is 18.9 Å². The summed E-state index contributed by atoms with van der Waals surface area (Å²) in [5.41, 5.74) is 6.54. The Balaban J connectivity index is 1.87. The number of carbonyl (C=O) groups excluding carboxylic acids is 2. The van der Waals surface area contributed by atoms with Gasteiger partial charge in [-0.1, -0.05) is 15.9 Å². The number of carbonyl (C=O) groups is 2. The third-order valence-corrected chi connectivity index (χ3v) is 5.16. The van der Waals surface area contributed by atoms with Crippen LogP contribution in [0.5, 0.6) is 0 Å². The number of nitrogens with two attached hydrogens (primary N) is 1. The van der Waals surface area contributed by atoms with Crippen molar-refractivity contribution in [2.24, 2.45) is 0 Å². The Morgan fingerprint density at radius 1 is 1.48 bits per heavy atom. The van der Waals surface area contributed by atoms with Crippen molar-refractivity contribution in [2.75, 3.05) is 12.3 Å². The van der Waals surface area contributed by atoms with Gasteiger partial charge < -0.3 is 16.4 Å². The number of halogens is 1. The number of thiophene rings is 1. The van der Waals surface area contributed by atoms with E-state index in [-0.39, 0.29) is 11.8 Å². The molecule has 7 heteroatoms. The van der Waals surface area contributed by atoms with E-state index in [2.05, 4.69) is 26.6 Å². The van der Waals surface area contributed by atoms with Crippen LogP contribution in [0.4, 0.5) is 5.69 Å². The van der Waals surface area contributed by atoms with Gasteiger partial charge in [0.05, 0.1) is 5.69 Å². The number of nitrogen functional groups attached to an aromatic ring is 1. The minimum Gasteiger partial charge on any atom is -0.397 e. The Bertz CT molecular complexity index is 728. The van der Waals surface area contributed by atoms with Crippen molar-refractivity contribution in [1.82, 2.24) is 10.6 Å². The van der Waals surface area contributed by atoms with Crippen molar-refractivity contribution in [3.8, 4) is 0 Å². The molecule has 0 radical (unpaired) electrons. The molecule has 2 amide bonds. The Morgan fingerprint density at radius 2 is 2.29 bits per heavy atom. The minimum absolute atomic E-state index is 0.128. The summed E-state index contributed by atoms with van der Waals surface area (Å²) in [6.07, 6.45) is 1.53. The number of fused-ring (bicyclic) bond motifs is 1. The maximum Gasteiger partial charge on any atom is 0.264 e. The molecule has 3 rings (SSSR count). The molecule has 1 aliphatic rings. The maximum atomic E-state index is 12.4. The number of rotatable bonds is 2. The van der Waals surface area contributed by atoms with Gasteiger partial charge in [0.2, 0.25) is 5.91 Å². The summed E-state index contributed by atoms with van der Waals surface area (Å²) in [7, 11) is 0. The lowest BCUT2D eigenvalue weighted by Gasteiger charge is -2.22. The Hall–Kier alpha value is -1.60. The van der Waals surface area contributed by atoms with Gasteiger partial charge in [-0.05, 0) is 31.0 Å². The zero-order chi connectivity index (χ0) is 15.0. The van der Waals surface area contributed by atoms with Crippen molar-refractivity contribution in [3.05, 3.63) is 27.5 Å². The van der Waals surface area contributed by atoms with Crippen LogP contribution in [0, 0.1) is 0 Å². The Kier molecular flexibility index (Phi) is 3.86. The lowest BCUT2D eigenvalue weighted by Crippen LogP contribution is -2.50. The van der Waals surface area contributed by atoms with Gasteiger partial charge in [0.15, 0.2) is 0 Å². The molecule has 21 heavy (non-hydrogen) atoms. The highest BCUT2D eigenvalue weighted by molar-refractivity contribution is 9.10. The summed E-state index contributed by atoms with van der Waals surface area (Å²) >= 11 is 4.74. The monoisotopic (exact) mass is 367 g/mol. The van der Waals surface area contributed by atoms with E-state index in [9.17, 15) is 9.59 Å². The number of nitrogens with one attached hydrogen (secondary N) is 2. The van der Waals surface area contributed by atoms with Crippen LogP contribution in [0.1, 0.15) is 22.5 Å². The SMILES string of the molecule is Nc1c(C(=O)NC2CCCNC2=O)sc2ccc(Br)cc12. The molecule has 1 aromatic carbocycles.